The van der Waals surface area contributed by atoms with Gasteiger partial charge in [0.05, 0.1) is 12.0 Å². The number of fused-ring (bicyclic) bond motifs is 5. The molecular weight excluding hydrogens is 356 g/mol. The van der Waals surface area contributed by atoms with E-state index in [2.05, 4.69) is 13.0 Å². The fourth-order valence-corrected chi connectivity index (χ4v) is 7.56. The minimum absolute atomic E-state index is 0. The molecule has 0 aliphatic heterocycles. The van der Waals surface area contributed by atoms with Crippen LogP contribution in [0.25, 0.3) is 0 Å². The average Bonchev–Trinajstić information content (AvgIpc) is 2.90. The van der Waals surface area contributed by atoms with E-state index in [-0.39, 0.29) is 81.5 Å². The summed E-state index contributed by atoms with van der Waals surface area (Å²) in [6.07, 6.45) is 12.6. The zero-order chi connectivity index (χ0) is 15.4. The smallest absolute Gasteiger partial charge is 0.854 e. The van der Waals surface area contributed by atoms with Gasteiger partial charge in [-0.05, 0) is 85.9 Å². The predicted octanol–water partition coefficient (Wildman–Crippen LogP) is 0.903. The maximum Gasteiger partial charge on any atom is 1.00 e. The van der Waals surface area contributed by atoms with E-state index in [9.17, 15) is 10.4 Å². The van der Waals surface area contributed by atoms with E-state index in [1.807, 2.05) is 0 Å². The van der Waals surface area contributed by atoms with E-state index in [0.717, 1.165) is 24.2 Å². The Labute approximate surface area is 190 Å². The topological polar surface area (TPSA) is 46.8 Å². The van der Waals surface area contributed by atoms with Crippen LogP contribution in [0.1, 0.15) is 71.1 Å². The average molecular weight is 386 g/mol. The summed E-state index contributed by atoms with van der Waals surface area (Å²) in [6, 6.07) is 2.62. The molecule has 0 heterocycles. The van der Waals surface area contributed by atoms with Crippen molar-refractivity contribution in [2.24, 2.45) is 40.4 Å². The summed E-state index contributed by atoms with van der Waals surface area (Å²) in [5, 5.41) is 21.9. The molecule has 0 radical (unpaired) electrons. The van der Waals surface area contributed by atoms with Crippen LogP contribution < -0.4 is 63.3 Å². The first-order valence-corrected chi connectivity index (χ1v) is 9.63. The Hall–Kier alpha value is 1.26. The van der Waals surface area contributed by atoms with Crippen LogP contribution in [0.15, 0.2) is 0 Å². The molecule has 4 rings (SSSR count). The second-order valence-corrected chi connectivity index (χ2v) is 9.08. The molecule has 7 atom stereocenters. The third-order valence-electron chi connectivity index (χ3n) is 8.71. The quantitative estimate of drug-likeness (QED) is 0.673. The zero-order valence-corrected chi connectivity index (χ0v) is 19.9. The molecule has 0 aromatic rings. The van der Waals surface area contributed by atoms with Gasteiger partial charge in [-0.2, -0.15) is 5.26 Å². The number of nitriles is 1. The molecule has 4 saturated carbocycles. The molecule has 2 nitrogen and oxygen atoms in total. The van der Waals surface area contributed by atoms with Gasteiger partial charge in [0, 0.05) is 0 Å². The first-order chi connectivity index (χ1) is 10.7. The Morgan fingerprint density at radius 3 is 2.57 bits per heavy atom. The van der Waals surface area contributed by atoms with E-state index in [4.69, 9.17) is 0 Å². The van der Waals surface area contributed by atoms with Crippen molar-refractivity contribution in [3.8, 4) is 6.07 Å². The second kappa shape index (κ2) is 7.11. The third kappa shape index (κ3) is 2.71. The van der Waals surface area contributed by atoms with Gasteiger partial charge in [0.2, 0.25) is 0 Å². The van der Waals surface area contributed by atoms with Crippen molar-refractivity contribution in [2.75, 3.05) is 6.61 Å². The number of hydrogen-bond acceptors (Lipinski definition) is 2. The Morgan fingerprint density at radius 1 is 1.00 bits per heavy atom. The van der Waals surface area contributed by atoms with Crippen molar-refractivity contribution in [3.63, 3.8) is 0 Å². The molecule has 0 bridgehead atoms. The van der Waals surface area contributed by atoms with Crippen LogP contribution >= 0.6 is 0 Å². The van der Waals surface area contributed by atoms with Crippen molar-refractivity contribution in [1.82, 2.24) is 0 Å². The summed E-state index contributed by atoms with van der Waals surface area (Å²) in [7, 11) is 0. The standard InChI is InChI=1S/C20H30NO.Rb/c1-19-11-9-18-16(17(19)8-6-15(19)12-21)7-5-14-4-2-3-10-20(14,18)13-22;/h14-18H,2-11,13H2,1H3;/q-1;+1. The summed E-state index contributed by atoms with van der Waals surface area (Å²) in [5.74, 6) is 3.14. The van der Waals surface area contributed by atoms with E-state index in [1.54, 1.807) is 0 Å². The molecule has 0 amide bonds. The molecule has 23 heavy (non-hydrogen) atoms. The van der Waals surface area contributed by atoms with Crippen LogP contribution in [-0.2, 0) is 0 Å². The summed E-state index contributed by atoms with van der Waals surface area (Å²) in [5.41, 5.74) is 0.384. The van der Waals surface area contributed by atoms with E-state index in [1.165, 1.54) is 57.8 Å². The molecule has 4 aliphatic carbocycles. The van der Waals surface area contributed by atoms with Gasteiger partial charge >= 0.3 is 58.2 Å². The molecule has 122 valence electrons. The Morgan fingerprint density at radius 2 is 1.83 bits per heavy atom. The number of hydrogen-bond donors (Lipinski definition) is 0. The Bertz CT molecular complexity index is 489. The second-order valence-electron chi connectivity index (χ2n) is 9.08. The molecule has 0 saturated heterocycles. The fraction of sp³-hybridized carbons (Fsp3) is 0.950. The van der Waals surface area contributed by atoms with Crippen molar-refractivity contribution in [3.05, 3.63) is 0 Å². The van der Waals surface area contributed by atoms with Gasteiger partial charge in [0.25, 0.3) is 0 Å². The van der Waals surface area contributed by atoms with E-state index < -0.39 is 0 Å². The van der Waals surface area contributed by atoms with Crippen molar-refractivity contribution >= 4 is 0 Å². The maximum atomic E-state index is 12.3. The van der Waals surface area contributed by atoms with Crippen LogP contribution in [0.5, 0.6) is 0 Å². The first-order valence-electron chi connectivity index (χ1n) is 9.63. The third-order valence-corrected chi connectivity index (χ3v) is 8.71. The monoisotopic (exact) mass is 385 g/mol. The molecule has 4 aliphatic rings. The first kappa shape index (κ1) is 19.0. The van der Waals surface area contributed by atoms with Crippen LogP contribution in [0.4, 0.5) is 0 Å². The molecule has 0 aromatic carbocycles. The molecule has 7 unspecified atom stereocenters. The van der Waals surface area contributed by atoms with E-state index in [0.29, 0.717) is 5.92 Å². The normalized spacial score (nSPS) is 51.6. The van der Waals surface area contributed by atoms with Gasteiger partial charge in [-0.3, -0.25) is 0 Å². The summed E-state index contributed by atoms with van der Waals surface area (Å²) < 4.78 is 0. The number of rotatable bonds is 1. The number of nitrogens with zero attached hydrogens (tertiary/aromatic N) is 1. The van der Waals surface area contributed by atoms with Crippen LogP contribution in [0, 0.1) is 51.8 Å². The Kier molecular flexibility index (Phi) is 5.88. The van der Waals surface area contributed by atoms with Crippen LogP contribution in [0.2, 0.25) is 0 Å². The van der Waals surface area contributed by atoms with Crippen LogP contribution in [-0.4, -0.2) is 6.61 Å². The van der Waals surface area contributed by atoms with Gasteiger partial charge in [-0.15, -0.1) is 6.61 Å². The largest absolute Gasteiger partial charge is 1.00 e. The molecular formula is C20H30NORb. The molecule has 3 heteroatoms. The van der Waals surface area contributed by atoms with Crippen LogP contribution in [0.3, 0.4) is 0 Å². The van der Waals surface area contributed by atoms with Gasteiger partial charge in [-0.25, -0.2) is 0 Å². The maximum absolute atomic E-state index is 12.3. The molecule has 0 N–H and O–H groups in total. The van der Waals surface area contributed by atoms with Crippen molar-refractivity contribution in [1.29, 1.82) is 5.26 Å². The SMILES string of the molecule is CC12CCC3C(CCC4CCCCC43C[O-])C1CCC2C#N.[Rb+]. The Balaban J connectivity index is 0.00000156. The summed E-state index contributed by atoms with van der Waals surface area (Å²) >= 11 is 0. The van der Waals surface area contributed by atoms with E-state index >= 15 is 0 Å². The minimum Gasteiger partial charge on any atom is -0.854 e. The molecule has 0 spiro atoms. The molecule has 0 aromatic heterocycles. The molecule has 4 fully saturated rings. The summed E-state index contributed by atoms with van der Waals surface area (Å²) in [6.45, 7) is 2.57. The van der Waals surface area contributed by atoms with Crippen molar-refractivity contribution < 1.29 is 63.3 Å². The summed E-state index contributed by atoms with van der Waals surface area (Å²) in [4.78, 5) is 0. The van der Waals surface area contributed by atoms with Gasteiger partial charge in [0.1, 0.15) is 0 Å². The predicted molar refractivity (Wildman–Crippen MR) is 84.6 cm³/mol. The van der Waals surface area contributed by atoms with Gasteiger partial charge < -0.3 is 5.11 Å². The van der Waals surface area contributed by atoms with Gasteiger partial charge in [0.15, 0.2) is 0 Å². The zero-order valence-electron chi connectivity index (χ0n) is 15.0. The van der Waals surface area contributed by atoms with Gasteiger partial charge in [-0.1, -0.05) is 19.8 Å². The minimum atomic E-state index is 0. The van der Waals surface area contributed by atoms with Crippen molar-refractivity contribution in [2.45, 2.75) is 71.1 Å². The fourth-order valence-electron chi connectivity index (χ4n) is 7.56.